The van der Waals surface area contributed by atoms with E-state index in [1.807, 2.05) is 36.1 Å². The number of amides is 2. The first-order chi connectivity index (χ1) is 8.70. The van der Waals surface area contributed by atoms with Gasteiger partial charge < -0.3 is 10.2 Å². The van der Waals surface area contributed by atoms with E-state index in [0.717, 1.165) is 31.5 Å². The van der Waals surface area contributed by atoms with Crippen LogP contribution in [-0.2, 0) is 0 Å². The summed E-state index contributed by atoms with van der Waals surface area (Å²) in [5.74, 6) is 0. The number of carbonyl (C=O) groups excluding carboxylic acids is 1. The number of anilines is 1. The van der Waals surface area contributed by atoms with Crippen LogP contribution in [0.15, 0.2) is 24.3 Å². The van der Waals surface area contributed by atoms with E-state index in [1.165, 1.54) is 12.0 Å². The molecular weight excluding hydrogens is 224 g/mol. The first kappa shape index (κ1) is 12.9. The second kappa shape index (κ2) is 5.89. The van der Waals surface area contributed by atoms with Gasteiger partial charge in [0.2, 0.25) is 0 Å². The van der Waals surface area contributed by atoms with Crippen molar-refractivity contribution in [3.8, 4) is 0 Å². The maximum atomic E-state index is 12.3. The number of aryl methyl sites for hydroxylation is 1. The monoisotopic (exact) mass is 246 g/mol. The summed E-state index contributed by atoms with van der Waals surface area (Å²) in [7, 11) is 0. The van der Waals surface area contributed by atoms with Crippen molar-refractivity contribution in [2.24, 2.45) is 0 Å². The van der Waals surface area contributed by atoms with Gasteiger partial charge in [-0.25, -0.2) is 4.79 Å². The molecule has 1 atom stereocenters. The molecule has 18 heavy (non-hydrogen) atoms. The SMILES string of the molecule is CCC1CCCCN1C(=O)Nc1cccc(C)c1. The molecule has 1 aromatic carbocycles. The zero-order chi connectivity index (χ0) is 13.0. The van der Waals surface area contributed by atoms with Gasteiger partial charge in [0.25, 0.3) is 0 Å². The van der Waals surface area contributed by atoms with E-state index in [0.29, 0.717) is 6.04 Å². The molecule has 0 aliphatic carbocycles. The molecule has 1 fully saturated rings. The normalized spacial score (nSPS) is 19.7. The molecule has 2 rings (SSSR count). The Hall–Kier alpha value is -1.51. The predicted octanol–water partition coefficient (Wildman–Crippen LogP) is 3.79. The van der Waals surface area contributed by atoms with Crippen molar-refractivity contribution in [3.63, 3.8) is 0 Å². The maximum Gasteiger partial charge on any atom is 0.322 e. The highest BCUT2D eigenvalue weighted by atomic mass is 16.2. The Kier molecular flexibility index (Phi) is 4.24. The van der Waals surface area contributed by atoms with Crippen molar-refractivity contribution >= 4 is 11.7 Å². The number of piperidine rings is 1. The third-order valence-corrected chi connectivity index (χ3v) is 3.63. The van der Waals surface area contributed by atoms with Gasteiger partial charge in [-0.1, -0.05) is 19.1 Å². The number of benzene rings is 1. The predicted molar refractivity (Wildman–Crippen MR) is 74.8 cm³/mol. The average Bonchev–Trinajstić information content (AvgIpc) is 2.38. The van der Waals surface area contributed by atoms with E-state index in [2.05, 4.69) is 12.2 Å². The molecule has 1 heterocycles. The number of carbonyl (C=O) groups is 1. The molecule has 1 aliphatic rings. The van der Waals surface area contributed by atoms with Crippen LogP contribution in [0.25, 0.3) is 0 Å². The largest absolute Gasteiger partial charge is 0.322 e. The number of hydrogen-bond acceptors (Lipinski definition) is 1. The quantitative estimate of drug-likeness (QED) is 0.846. The van der Waals surface area contributed by atoms with Gasteiger partial charge in [0, 0.05) is 18.3 Å². The lowest BCUT2D eigenvalue weighted by Crippen LogP contribution is -2.45. The van der Waals surface area contributed by atoms with Crippen molar-refractivity contribution in [1.29, 1.82) is 0 Å². The third-order valence-electron chi connectivity index (χ3n) is 3.63. The molecule has 0 radical (unpaired) electrons. The fourth-order valence-corrected chi connectivity index (χ4v) is 2.61. The van der Waals surface area contributed by atoms with E-state index in [9.17, 15) is 4.79 Å². The van der Waals surface area contributed by atoms with Crippen molar-refractivity contribution < 1.29 is 4.79 Å². The van der Waals surface area contributed by atoms with Crippen LogP contribution >= 0.6 is 0 Å². The fourth-order valence-electron chi connectivity index (χ4n) is 2.61. The van der Waals surface area contributed by atoms with Crippen LogP contribution in [0.2, 0.25) is 0 Å². The lowest BCUT2D eigenvalue weighted by molar-refractivity contribution is 0.160. The first-order valence-corrected chi connectivity index (χ1v) is 6.85. The van der Waals surface area contributed by atoms with E-state index in [1.54, 1.807) is 0 Å². The molecule has 1 aliphatic heterocycles. The molecule has 98 valence electrons. The van der Waals surface area contributed by atoms with Crippen molar-refractivity contribution in [3.05, 3.63) is 29.8 Å². The number of nitrogens with zero attached hydrogens (tertiary/aromatic N) is 1. The Bertz CT molecular complexity index is 417. The van der Waals surface area contributed by atoms with Gasteiger partial charge in [0.05, 0.1) is 0 Å². The van der Waals surface area contributed by atoms with Gasteiger partial charge in [0.1, 0.15) is 0 Å². The molecule has 3 nitrogen and oxygen atoms in total. The Balaban J connectivity index is 2.02. The van der Waals surface area contributed by atoms with Crippen LogP contribution in [0, 0.1) is 6.92 Å². The zero-order valence-corrected chi connectivity index (χ0v) is 11.3. The molecule has 3 heteroatoms. The van der Waals surface area contributed by atoms with E-state index >= 15 is 0 Å². The fraction of sp³-hybridized carbons (Fsp3) is 0.533. The topological polar surface area (TPSA) is 32.3 Å². The van der Waals surface area contributed by atoms with Crippen molar-refractivity contribution in [2.45, 2.75) is 45.6 Å². The molecule has 0 bridgehead atoms. The Morgan fingerprint density at radius 3 is 3.00 bits per heavy atom. The minimum atomic E-state index is 0.0483. The lowest BCUT2D eigenvalue weighted by Gasteiger charge is -2.35. The van der Waals surface area contributed by atoms with Crippen LogP contribution in [0.3, 0.4) is 0 Å². The maximum absolute atomic E-state index is 12.3. The molecular formula is C15H22N2O. The smallest absolute Gasteiger partial charge is 0.322 e. The Morgan fingerprint density at radius 2 is 2.28 bits per heavy atom. The minimum absolute atomic E-state index is 0.0483. The van der Waals surface area contributed by atoms with Gasteiger partial charge in [-0.05, 0) is 50.3 Å². The summed E-state index contributed by atoms with van der Waals surface area (Å²) in [4.78, 5) is 14.3. The van der Waals surface area contributed by atoms with Crippen LogP contribution in [-0.4, -0.2) is 23.5 Å². The van der Waals surface area contributed by atoms with Crippen LogP contribution < -0.4 is 5.32 Å². The van der Waals surface area contributed by atoms with Crippen molar-refractivity contribution in [1.82, 2.24) is 4.90 Å². The molecule has 0 spiro atoms. The van der Waals surface area contributed by atoms with Gasteiger partial charge in [-0.2, -0.15) is 0 Å². The molecule has 1 aromatic rings. The van der Waals surface area contributed by atoms with Crippen LogP contribution in [0.5, 0.6) is 0 Å². The molecule has 2 amide bonds. The van der Waals surface area contributed by atoms with Gasteiger partial charge >= 0.3 is 6.03 Å². The molecule has 0 aromatic heterocycles. The standard InChI is InChI=1S/C15H22N2O/c1-3-14-9-4-5-10-17(14)15(18)16-13-8-6-7-12(2)11-13/h6-8,11,14H,3-5,9-10H2,1-2H3,(H,16,18). The highest BCUT2D eigenvalue weighted by Crippen LogP contribution is 2.20. The number of urea groups is 1. The van der Waals surface area contributed by atoms with Gasteiger partial charge in [0.15, 0.2) is 0 Å². The Morgan fingerprint density at radius 1 is 1.44 bits per heavy atom. The highest BCUT2D eigenvalue weighted by Gasteiger charge is 2.25. The lowest BCUT2D eigenvalue weighted by atomic mass is 10.0. The minimum Gasteiger partial charge on any atom is -0.322 e. The Labute approximate surface area is 109 Å². The third kappa shape index (κ3) is 3.03. The van der Waals surface area contributed by atoms with Gasteiger partial charge in [-0.3, -0.25) is 0 Å². The highest BCUT2D eigenvalue weighted by molar-refractivity contribution is 5.89. The van der Waals surface area contributed by atoms with E-state index in [-0.39, 0.29) is 6.03 Å². The number of nitrogens with one attached hydrogen (secondary N) is 1. The molecule has 0 saturated carbocycles. The summed E-state index contributed by atoms with van der Waals surface area (Å²) in [6.07, 6.45) is 4.55. The molecule has 1 N–H and O–H groups in total. The van der Waals surface area contributed by atoms with E-state index < -0.39 is 0 Å². The summed E-state index contributed by atoms with van der Waals surface area (Å²) in [5, 5.41) is 3.00. The van der Waals surface area contributed by atoms with Crippen LogP contribution in [0.4, 0.5) is 10.5 Å². The van der Waals surface area contributed by atoms with Gasteiger partial charge in [-0.15, -0.1) is 0 Å². The summed E-state index contributed by atoms with van der Waals surface area (Å²) >= 11 is 0. The first-order valence-electron chi connectivity index (χ1n) is 6.85. The average molecular weight is 246 g/mol. The molecule has 1 saturated heterocycles. The number of likely N-dealkylation sites (tertiary alicyclic amines) is 1. The summed E-state index contributed by atoms with van der Waals surface area (Å²) in [6, 6.07) is 8.40. The van der Waals surface area contributed by atoms with E-state index in [4.69, 9.17) is 0 Å². The summed E-state index contributed by atoms with van der Waals surface area (Å²) < 4.78 is 0. The number of hydrogen-bond donors (Lipinski definition) is 1. The second-order valence-corrected chi connectivity index (χ2v) is 5.05. The second-order valence-electron chi connectivity index (χ2n) is 5.05. The van der Waals surface area contributed by atoms with Crippen LogP contribution in [0.1, 0.15) is 38.2 Å². The molecule has 1 unspecified atom stereocenters. The summed E-state index contributed by atoms with van der Waals surface area (Å²) in [5.41, 5.74) is 2.05. The summed E-state index contributed by atoms with van der Waals surface area (Å²) in [6.45, 7) is 5.07. The number of rotatable bonds is 2. The zero-order valence-electron chi connectivity index (χ0n) is 11.3. The van der Waals surface area contributed by atoms with Crippen molar-refractivity contribution in [2.75, 3.05) is 11.9 Å².